The fourth-order valence-corrected chi connectivity index (χ4v) is 8.57. The maximum atomic E-state index is 13.6. The maximum Gasteiger partial charge on any atom is 0.341 e. The number of urea groups is 1. The van der Waals surface area contributed by atoms with Crippen molar-refractivity contribution >= 4 is 17.9 Å². The monoisotopic (exact) mass is 494 g/mol. The minimum absolute atomic E-state index is 0.0534. The minimum atomic E-state index is -0.780. The van der Waals surface area contributed by atoms with Crippen LogP contribution in [0.15, 0.2) is 18.5 Å². The van der Waals surface area contributed by atoms with Gasteiger partial charge in [0, 0.05) is 50.1 Å². The summed E-state index contributed by atoms with van der Waals surface area (Å²) in [6.45, 7) is 2.04. The van der Waals surface area contributed by atoms with E-state index in [0.29, 0.717) is 44.1 Å². The van der Waals surface area contributed by atoms with Gasteiger partial charge in [-0.25, -0.2) is 9.59 Å². The first-order valence-electron chi connectivity index (χ1n) is 13.6. The van der Waals surface area contributed by atoms with Crippen molar-refractivity contribution in [1.29, 1.82) is 0 Å². The lowest BCUT2D eigenvalue weighted by Crippen LogP contribution is -2.61. The molecular formula is C27H34N4O5. The highest BCUT2D eigenvalue weighted by molar-refractivity contribution is 5.94. The van der Waals surface area contributed by atoms with Crippen LogP contribution >= 0.6 is 0 Å². The fraction of sp³-hybridized carbons (Fsp3) is 0.704. The van der Waals surface area contributed by atoms with E-state index in [2.05, 4.69) is 10.3 Å². The van der Waals surface area contributed by atoms with Crippen LogP contribution in [0.3, 0.4) is 0 Å². The van der Waals surface area contributed by atoms with Gasteiger partial charge in [0.2, 0.25) is 5.91 Å². The Morgan fingerprint density at radius 3 is 2.75 bits per heavy atom. The van der Waals surface area contributed by atoms with Gasteiger partial charge in [-0.1, -0.05) is 0 Å². The quantitative estimate of drug-likeness (QED) is 0.609. The van der Waals surface area contributed by atoms with Crippen molar-refractivity contribution in [3.8, 4) is 0 Å². The van der Waals surface area contributed by atoms with E-state index in [1.807, 2.05) is 11.0 Å². The van der Waals surface area contributed by atoms with Gasteiger partial charge >= 0.3 is 12.0 Å². The predicted molar refractivity (Wildman–Crippen MR) is 128 cm³/mol. The maximum absolute atomic E-state index is 13.6. The normalized spacial score (nSPS) is 40.5. The molecule has 0 radical (unpaired) electrons. The molecule has 4 heterocycles. The number of fused-ring (bicyclic) bond motifs is 2. The van der Waals surface area contributed by atoms with Crippen LogP contribution in [0.25, 0.3) is 0 Å². The van der Waals surface area contributed by atoms with Crippen LogP contribution in [-0.2, 0) is 15.1 Å². The van der Waals surface area contributed by atoms with E-state index in [-0.39, 0.29) is 47.3 Å². The predicted octanol–water partition coefficient (Wildman–Crippen LogP) is 2.04. The van der Waals surface area contributed by atoms with Crippen LogP contribution < -0.4 is 5.32 Å². The van der Waals surface area contributed by atoms with Gasteiger partial charge in [-0.15, -0.1) is 0 Å². The van der Waals surface area contributed by atoms with Crippen molar-refractivity contribution < 1.29 is 24.2 Å². The first-order valence-corrected chi connectivity index (χ1v) is 13.6. The molecule has 6 fully saturated rings. The summed E-state index contributed by atoms with van der Waals surface area (Å²) in [6.07, 6.45) is 9.92. The Kier molecular flexibility index (Phi) is 4.94. The molecule has 4 bridgehead atoms. The second-order valence-corrected chi connectivity index (χ2v) is 12.3. The second-order valence-electron chi connectivity index (χ2n) is 12.3. The number of hydrogen-bond acceptors (Lipinski definition) is 6. The van der Waals surface area contributed by atoms with Crippen LogP contribution in [0.4, 0.5) is 4.79 Å². The van der Waals surface area contributed by atoms with E-state index in [4.69, 9.17) is 4.74 Å². The molecule has 7 aliphatic rings. The SMILES string of the molecule is O=C1O[C@]2(CCN(C(=O)N3CCC[C@H](NC(=O)C45CC6CC(C4)C(O)C(C6)C5)C3)C2)c2ccncc21. The van der Waals surface area contributed by atoms with Crippen LogP contribution in [0.1, 0.15) is 67.3 Å². The van der Waals surface area contributed by atoms with Crippen LogP contribution in [0, 0.1) is 23.2 Å². The molecule has 4 saturated carbocycles. The summed E-state index contributed by atoms with van der Waals surface area (Å²) < 4.78 is 5.78. The summed E-state index contributed by atoms with van der Waals surface area (Å²) in [5.74, 6) is 0.856. The molecule has 9 nitrogen and oxygen atoms in total. The first-order chi connectivity index (χ1) is 17.4. The number of hydrogen-bond donors (Lipinski definition) is 2. The summed E-state index contributed by atoms with van der Waals surface area (Å²) in [4.78, 5) is 47.1. The molecule has 4 atom stereocenters. The largest absolute Gasteiger partial charge is 0.449 e. The Balaban J connectivity index is 1.01. The zero-order valence-electron chi connectivity index (χ0n) is 20.5. The topological polar surface area (TPSA) is 112 Å². The average molecular weight is 495 g/mol. The number of amides is 3. The summed E-state index contributed by atoms with van der Waals surface area (Å²) in [5, 5.41) is 13.9. The summed E-state index contributed by atoms with van der Waals surface area (Å²) in [6, 6.07) is 1.72. The Bertz CT molecular complexity index is 1110. The van der Waals surface area contributed by atoms with Crippen molar-refractivity contribution in [2.24, 2.45) is 23.2 Å². The van der Waals surface area contributed by atoms with Crippen molar-refractivity contribution in [1.82, 2.24) is 20.1 Å². The van der Waals surface area contributed by atoms with E-state index >= 15 is 0 Å². The zero-order chi connectivity index (χ0) is 24.7. The third-order valence-electron chi connectivity index (χ3n) is 10.1. The summed E-state index contributed by atoms with van der Waals surface area (Å²) >= 11 is 0. The number of carbonyl (C=O) groups is 3. The molecule has 1 aromatic rings. The van der Waals surface area contributed by atoms with E-state index in [0.717, 1.165) is 50.5 Å². The number of aliphatic hydroxyl groups excluding tert-OH is 1. The van der Waals surface area contributed by atoms with Crippen LogP contribution in [-0.4, -0.2) is 76.1 Å². The lowest BCUT2D eigenvalue weighted by Gasteiger charge is -2.58. The third kappa shape index (κ3) is 3.31. The van der Waals surface area contributed by atoms with Gasteiger partial charge in [0.25, 0.3) is 0 Å². The molecule has 1 spiro atoms. The summed E-state index contributed by atoms with van der Waals surface area (Å²) in [5.41, 5.74) is 0.196. The second kappa shape index (κ2) is 7.91. The molecule has 3 aliphatic heterocycles. The van der Waals surface area contributed by atoms with Gasteiger partial charge in [0.1, 0.15) is 0 Å². The van der Waals surface area contributed by atoms with E-state index in [1.165, 1.54) is 0 Å². The molecule has 9 heteroatoms. The number of carbonyl (C=O) groups excluding carboxylic acids is 3. The zero-order valence-corrected chi connectivity index (χ0v) is 20.5. The Hall–Kier alpha value is -2.68. The average Bonchev–Trinajstić information content (AvgIpc) is 3.43. The highest BCUT2D eigenvalue weighted by atomic mass is 16.6. The van der Waals surface area contributed by atoms with Gasteiger partial charge in [-0.05, 0) is 68.8 Å². The highest BCUT2D eigenvalue weighted by Crippen LogP contribution is 2.60. The number of pyridine rings is 1. The number of nitrogens with one attached hydrogen (secondary N) is 1. The van der Waals surface area contributed by atoms with E-state index < -0.39 is 5.60 Å². The molecule has 8 rings (SSSR count). The molecule has 36 heavy (non-hydrogen) atoms. The number of likely N-dealkylation sites (tertiary alicyclic amines) is 2. The van der Waals surface area contributed by atoms with Gasteiger partial charge in [0.15, 0.2) is 5.60 Å². The molecule has 4 aliphatic carbocycles. The molecule has 1 aromatic heterocycles. The smallest absolute Gasteiger partial charge is 0.341 e. The minimum Gasteiger partial charge on any atom is -0.449 e. The van der Waals surface area contributed by atoms with Crippen LogP contribution in [0.2, 0.25) is 0 Å². The van der Waals surface area contributed by atoms with Gasteiger partial charge in [-0.2, -0.15) is 0 Å². The Labute approximate surface area is 210 Å². The number of aliphatic hydroxyl groups is 1. The van der Waals surface area contributed by atoms with Crippen molar-refractivity contribution in [3.05, 3.63) is 29.6 Å². The molecule has 3 amide bonds. The number of ether oxygens (including phenoxy) is 1. The molecule has 2 unspecified atom stereocenters. The lowest BCUT2D eigenvalue weighted by atomic mass is 9.48. The number of nitrogens with zero attached hydrogens (tertiary/aromatic N) is 3. The lowest BCUT2D eigenvalue weighted by molar-refractivity contribution is -0.163. The van der Waals surface area contributed by atoms with E-state index in [9.17, 15) is 19.5 Å². The number of piperidine rings is 1. The van der Waals surface area contributed by atoms with Crippen molar-refractivity contribution in [3.63, 3.8) is 0 Å². The molecule has 0 aromatic carbocycles. The Morgan fingerprint density at radius 1 is 1.14 bits per heavy atom. The van der Waals surface area contributed by atoms with Crippen molar-refractivity contribution in [2.75, 3.05) is 26.2 Å². The van der Waals surface area contributed by atoms with Gasteiger partial charge in [0.05, 0.1) is 23.6 Å². The highest BCUT2D eigenvalue weighted by Gasteiger charge is 2.58. The van der Waals surface area contributed by atoms with E-state index in [1.54, 1.807) is 17.3 Å². The van der Waals surface area contributed by atoms with Crippen LogP contribution in [0.5, 0.6) is 0 Å². The van der Waals surface area contributed by atoms with Crippen molar-refractivity contribution in [2.45, 2.75) is 69.1 Å². The number of rotatable bonds is 2. The standard InChI is InChI=1S/C27H34N4O5/c32-22-17-8-16-9-18(22)12-26(10-16,11-17)24(34)29-19-2-1-6-30(14-19)25(35)31-7-4-27(15-31)21-3-5-28-13-20(21)23(33)36-27/h3,5,13,16-19,22,32H,1-2,4,6-12,14-15H2,(H,29,34)/t16?,17?,18?,19-,22?,26?,27-/m0/s1. The Morgan fingerprint density at radius 2 is 1.94 bits per heavy atom. The molecule has 2 N–H and O–H groups in total. The fourth-order valence-electron chi connectivity index (χ4n) is 8.57. The molecule has 2 saturated heterocycles. The van der Waals surface area contributed by atoms with Gasteiger partial charge < -0.3 is 25.0 Å². The summed E-state index contributed by atoms with van der Waals surface area (Å²) in [7, 11) is 0. The first kappa shape index (κ1) is 22.5. The third-order valence-corrected chi connectivity index (χ3v) is 10.1. The number of aromatic nitrogens is 1. The van der Waals surface area contributed by atoms with Gasteiger partial charge in [-0.3, -0.25) is 9.78 Å². The molecular weight excluding hydrogens is 460 g/mol. The molecule has 192 valence electrons. The number of esters is 1.